The van der Waals surface area contributed by atoms with E-state index < -0.39 is 10.0 Å². The summed E-state index contributed by atoms with van der Waals surface area (Å²) in [6.07, 6.45) is 0. The van der Waals surface area contributed by atoms with Gasteiger partial charge in [0, 0.05) is 34.6 Å². The first kappa shape index (κ1) is 14.9. The molecule has 2 heterocycles. The Kier molecular flexibility index (Phi) is 4.25. The van der Waals surface area contributed by atoms with Gasteiger partial charge in [0.2, 0.25) is 0 Å². The van der Waals surface area contributed by atoms with Crippen LogP contribution in [0.5, 0.6) is 0 Å². The van der Waals surface area contributed by atoms with Crippen molar-refractivity contribution < 1.29 is 13.2 Å². The normalized spacial score (nSPS) is 17.4. The molecule has 8 heteroatoms. The van der Waals surface area contributed by atoms with E-state index in [9.17, 15) is 8.42 Å². The molecule has 0 spiro atoms. The number of benzene rings is 1. The van der Waals surface area contributed by atoms with Crippen LogP contribution in [0, 0.1) is 0 Å². The number of rotatable bonds is 4. The zero-order valence-electron chi connectivity index (χ0n) is 11.4. The highest BCUT2D eigenvalue weighted by Crippen LogP contribution is 2.34. The van der Waals surface area contributed by atoms with E-state index in [0.29, 0.717) is 36.1 Å². The molecule has 1 aliphatic heterocycles. The summed E-state index contributed by atoms with van der Waals surface area (Å²) in [6.45, 7) is 2.34. The van der Waals surface area contributed by atoms with E-state index in [1.165, 1.54) is 11.3 Å². The van der Waals surface area contributed by atoms with Gasteiger partial charge in [-0.3, -0.25) is 0 Å². The van der Waals surface area contributed by atoms with Crippen LogP contribution in [0.25, 0.3) is 10.1 Å². The minimum Gasteiger partial charge on any atom is -0.379 e. The zero-order valence-corrected chi connectivity index (χ0v) is 13.0. The van der Waals surface area contributed by atoms with Crippen LogP contribution >= 0.6 is 11.3 Å². The fourth-order valence-corrected chi connectivity index (χ4v) is 5.33. The van der Waals surface area contributed by atoms with Gasteiger partial charge >= 0.3 is 0 Å². The molecular formula is C13H17N3O3S2. The smallest absolute Gasteiger partial charge is 0.255 e. The number of morpholine rings is 1. The van der Waals surface area contributed by atoms with Crippen molar-refractivity contribution in [3.63, 3.8) is 0 Å². The molecule has 1 aromatic heterocycles. The Hall–Kier alpha value is -1.03. The van der Waals surface area contributed by atoms with Crippen molar-refractivity contribution in [1.82, 2.24) is 9.84 Å². The van der Waals surface area contributed by atoms with Gasteiger partial charge in [-0.15, -0.1) is 16.2 Å². The molecule has 0 radical (unpaired) electrons. The van der Waals surface area contributed by atoms with E-state index in [1.54, 1.807) is 5.01 Å². The third-order valence-electron chi connectivity index (χ3n) is 3.33. The monoisotopic (exact) mass is 327 g/mol. The molecule has 1 aliphatic rings. The fraction of sp³-hybridized carbons (Fsp3) is 0.385. The number of hydrogen-bond donors (Lipinski definition) is 2. The van der Waals surface area contributed by atoms with Crippen LogP contribution in [0.4, 0.5) is 0 Å². The van der Waals surface area contributed by atoms with Crippen molar-refractivity contribution in [3.8, 4) is 0 Å². The molecule has 1 saturated heterocycles. The second-order valence-electron chi connectivity index (χ2n) is 4.75. The Bertz CT molecular complexity index is 736. The van der Waals surface area contributed by atoms with E-state index in [0.717, 1.165) is 10.1 Å². The topological polar surface area (TPSA) is 84.7 Å². The molecule has 0 atom stereocenters. The maximum atomic E-state index is 12.7. The minimum absolute atomic E-state index is 0.207. The van der Waals surface area contributed by atoms with Crippen molar-refractivity contribution >= 4 is 31.4 Å². The Balaban J connectivity index is 2.01. The second kappa shape index (κ2) is 5.99. The highest BCUT2D eigenvalue weighted by Gasteiger charge is 2.26. The van der Waals surface area contributed by atoms with E-state index in [4.69, 9.17) is 10.5 Å². The van der Waals surface area contributed by atoms with Crippen molar-refractivity contribution in [3.05, 3.63) is 29.1 Å². The molecule has 0 aliphatic carbocycles. The summed E-state index contributed by atoms with van der Waals surface area (Å²) in [6, 6.07) is 7.46. The molecule has 0 amide bonds. The minimum atomic E-state index is -3.64. The lowest BCUT2D eigenvalue weighted by Crippen LogP contribution is -2.48. The van der Waals surface area contributed by atoms with Crippen molar-refractivity contribution in [1.29, 1.82) is 0 Å². The third-order valence-corrected chi connectivity index (χ3v) is 6.16. The fourth-order valence-electron chi connectivity index (χ4n) is 2.37. The molecule has 0 bridgehead atoms. The van der Waals surface area contributed by atoms with Crippen LogP contribution in [0.3, 0.4) is 0 Å². The van der Waals surface area contributed by atoms with Gasteiger partial charge in [0.1, 0.15) is 4.90 Å². The van der Waals surface area contributed by atoms with Crippen LogP contribution < -0.4 is 10.6 Å². The Morgan fingerprint density at radius 2 is 2.00 bits per heavy atom. The third kappa shape index (κ3) is 2.96. The molecule has 1 fully saturated rings. The lowest BCUT2D eigenvalue weighted by molar-refractivity contribution is 0.0272. The zero-order chi connectivity index (χ0) is 14.9. The number of nitrogens with two attached hydrogens (primary N) is 1. The standard InChI is InChI=1S/C13H17N3O3S2/c14-9-12-13(10-3-1-2-4-11(10)20-12)21(17,18)15-16-5-7-19-8-6-16/h1-4,15H,5-9,14H2. The van der Waals surface area contributed by atoms with Crippen LogP contribution in [0.1, 0.15) is 4.88 Å². The molecule has 114 valence electrons. The molecule has 2 aromatic rings. The maximum Gasteiger partial charge on any atom is 0.255 e. The molecular weight excluding hydrogens is 310 g/mol. The first-order chi connectivity index (χ1) is 10.1. The predicted molar refractivity (Wildman–Crippen MR) is 82.4 cm³/mol. The van der Waals surface area contributed by atoms with Gasteiger partial charge in [0.05, 0.1) is 13.2 Å². The lowest BCUT2D eigenvalue weighted by Gasteiger charge is -2.26. The number of hydrogen-bond acceptors (Lipinski definition) is 6. The van der Waals surface area contributed by atoms with E-state index in [1.807, 2.05) is 24.3 Å². The highest BCUT2D eigenvalue weighted by atomic mass is 32.2. The van der Waals surface area contributed by atoms with Gasteiger partial charge in [-0.2, -0.15) is 0 Å². The Morgan fingerprint density at radius 3 is 2.71 bits per heavy atom. The molecule has 0 saturated carbocycles. The van der Waals surface area contributed by atoms with Crippen LogP contribution in [0.2, 0.25) is 0 Å². The molecule has 3 rings (SSSR count). The predicted octanol–water partition coefficient (Wildman–Crippen LogP) is 0.885. The van der Waals surface area contributed by atoms with Gasteiger partial charge in [-0.25, -0.2) is 13.4 Å². The van der Waals surface area contributed by atoms with Crippen molar-refractivity contribution in [2.75, 3.05) is 26.3 Å². The first-order valence-electron chi connectivity index (χ1n) is 6.67. The molecule has 3 N–H and O–H groups in total. The summed E-state index contributed by atoms with van der Waals surface area (Å²) in [7, 11) is -3.64. The summed E-state index contributed by atoms with van der Waals surface area (Å²) in [5.41, 5.74) is 5.73. The van der Waals surface area contributed by atoms with Gasteiger partial charge in [0.15, 0.2) is 0 Å². The SMILES string of the molecule is NCc1sc2ccccc2c1S(=O)(=O)NN1CCOCC1. The number of sulfonamides is 1. The number of ether oxygens (including phenoxy) is 1. The average molecular weight is 327 g/mol. The first-order valence-corrected chi connectivity index (χ1v) is 8.97. The summed E-state index contributed by atoms with van der Waals surface area (Å²) in [4.78, 5) is 3.62. The maximum absolute atomic E-state index is 12.7. The molecule has 0 unspecified atom stereocenters. The summed E-state index contributed by atoms with van der Waals surface area (Å²) in [5, 5.41) is 2.40. The van der Waals surface area contributed by atoms with Crippen LogP contribution in [-0.4, -0.2) is 39.7 Å². The summed E-state index contributed by atoms with van der Waals surface area (Å²) >= 11 is 1.43. The van der Waals surface area contributed by atoms with Crippen LogP contribution in [0.15, 0.2) is 29.2 Å². The van der Waals surface area contributed by atoms with E-state index in [2.05, 4.69) is 4.83 Å². The number of hydrazine groups is 1. The van der Waals surface area contributed by atoms with Gasteiger partial charge in [-0.1, -0.05) is 18.2 Å². The molecule has 6 nitrogen and oxygen atoms in total. The second-order valence-corrected chi connectivity index (χ2v) is 7.48. The lowest BCUT2D eigenvalue weighted by atomic mass is 10.2. The molecule has 21 heavy (non-hydrogen) atoms. The van der Waals surface area contributed by atoms with Gasteiger partial charge in [-0.05, 0) is 6.07 Å². The van der Waals surface area contributed by atoms with Crippen molar-refractivity contribution in [2.24, 2.45) is 5.73 Å². The Labute approximate surface area is 127 Å². The number of nitrogens with one attached hydrogen (secondary N) is 1. The Morgan fingerprint density at radius 1 is 1.29 bits per heavy atom. The highest BCUT2D eigenvalue weighted by molar-refractivity contribution is 7.90. The number of thiophene rings is 1. The summed E-state index contributed by atoms with van der Waals surface area (Å²) in [5.74, 6) is 0. The van der Waals surface area contributed by atoms with Crippen molar-refractivity contribution in [2.45, 2.75) is 11.4 Å². The summed E-state index contributed by atoms with van der Waals surface area (Å²) < 4.78 is 31.6. The average Bonchev–Trinajstić information content (AvgIpc) is 2.87. The number of nitrogens with zero attached hydrogens (tertiary/aromatic N) is 1. The molecule has 1 aromatic carbocycles. The largest absolute Gasteiger partial charge is 0.379 e. The quantitative estimate of drug-likeness (QED) is 0.871. The van der Waals surface area contributed by atoms with Gasteiger partial charge in [0.25, 0.3) is 10.0 Å². The van der Waals surface area contributed by atoms with E-state index in [-0.39, 0.29) is 6.54 Å². The van der Waals surface area contributed by atoms with Gasteiger partial charge < -0.3 is 10.5 Å². The van der Waals surface area contributed by atoms with E-state index >= 15 is 0 Å². The number of fused-ring (bicyclic) bond motifs is 1. The van der Waals surface area contributed by atoms with Crippen LogP contribution in [-0.2, 0) is 21.3 Å².